The normalized spacial score (nSPS) is 12.4. The Morgan fingerprint density at radius 2 is 0.528 bits per heavy atom. The summed E-state index contributed by atoms with van der Waals surface area (Å²) in [6, 6.07) is 113. The Morgan fingerprint density at radius 3 is 0.976 bits per heavy atom. The molecule has 1 aliphatic rings. The van der Waals surface area contributed by atoms with E-state index >= 15 is 4.39 Å². The van der Waals surface area contributed by atoms with Crippen molar-refractivity contribution in [2.24, 2.45) is 0 Å². The molecule has 580 valence electrons. The van der Waals surface area contributed by atoms with E-state index < -0.39 is 66.2 Å². The van der Waals surface area contributed by atoms with Crippen LogP contribution in [0, 0.1) is 5.82 Å². The number of para-hydroxylation sites is 2. The number of hydrogen-bond donors (Lipinski definition) is 0. The van der Waals surface area contributed by atoms with Crippen LogP contribution in [0.1, 0.15) is 24.8 Å². The molecule has 0 saturated carbocycles. The predicted octanol–water partition coefficient (Wildman–Crippen LogP) is 25.9. The van der Waals surface area contributed by atoms with Crippen molar-refractivity contribution in [3.63, 3.8) is 0 Å². The SMILES string of the molecule is [2H]c1c([2H])c([2H])c(-c2nc(-c3ccccc3)nc(-c3cc(-c4nc(-c5ccccc5)nc(-c5ccccc5)n4)ccc3-n3c4ccccc4c4cccc(-c5ccccc5)c43)n2)c([2H])c1[2H].[2H]c1c([2H])c([2H])c(-c2nc(-c3ccccc3)nc(-c3cc(-c4nc(-c5ccccc5)nc(-c5ccccc5)n4)ccc3F)n2)c([2H])c1[2H].c1ccc(-c2cccc3c2Cc2ccccc2-3)cc1. The topological polar surface area (TPSA) is 160 Å². The molecule has 1 aliphatic carbocycles. The van der Waals surface area contributed by atoms with Crippen LogP contribution in [-0.2, 0) is 6.42 Å². The van der Waals surface area contributed by atoms with E-state index in [1.54, 1.807) is 30.3 Å². The van der Waals surface area contributed by atoms with E-state index in [4.69, 9.17) is 58.6 Å². The molecule has 0 N–H and O–H groups in total. The zero-order valence-electron chi connectivity index (χ0n) is 75.5. The van der Waals surface area contributed by atoms with Crippen molar-refractivity contribution in [1.29, 1.82) is 0 Å². The maximum Gasteiger partial charge on any atom is 0.167 e. The zero-order chi connectivity index (χ0) is 90.9. The summed E-state index contributed by atoms with van der Waals surface area (Å²) in [6.45, 7) is 0. The van der Waals surface area contributed by atoms with Gasteiger partial charge in [-0.2, -0.15) is 0 Å². The van der Waals surface area contributed by atoms with E-state index in [9.17, 15) is 0 Å². The molecule has 0 unspecified atom stereocenters. The third-order valence-corrected chi connectivity index (χ3v) is 21.1. The molecule has 16 aromatic carbocycles. The van der Waals surface area contributed by atoms with Gasteiger partial charge in [0.05, 0.1) is 36.0 Å². The van der Waals surface area contributed by atoms with Gasteiger partial charge in [-0.3, -0.25) is 0 Å². The molecule has 0 spiro atoms. The molecule has 0 bridgehead atoms. The second-order valence-electron chi connectivity index (χ2n) is 28.8. The van der Waals surface area contributed by atoms with Crippen molar-refractivity contribution in [3.8, 4) is 176 Å². The number of nitrogens with zero attached hydrogens (tertiary/aromatic N) is 13. The quantitative estimate of drug-likeness (QED) is 0.0957. The van der Waals surface area contributed by atoms with Crippen LogP contribution in [0.2, 0.25) is 0 Å². The predicted molar refractivity (Wildman–Crippen MR) is 492 cm³/mol. The standard InChI is InChI=1S/C54H35N7.C36H23FN6.C19H14/c1-6-19-36(20-7-1)42-30-18-31-44-43-29-16-17-32-46(43)61(48(42)44)47-34-33-41(53-57-49(37-21-8-2-9-22-37)55-50(58-53)38-23-10-3-11-24-38)35-45(47)54-59-51(39-25-12-4-13-26-39)56-52(60-54)40-27-14-5-15-28-40;37-30-22-21-28(35-40-31(24-13-5-1-6-14-24)38-32(41-35)25-15-7-2-8-16-25)23-29(30)36-42-33(26-17-9-3-10-18-26)39-34(43-36)27-19-11-4-12-20-27;1-2-7-14(8-3-1)16-11-6-12-18-17-10-5-4-9-15(17)13-19(16)18/h1-35H;1-23H;1-12H,13H2/i4D,12D,13D,25D,26D;3D,9D,10D,17D,18D;. The lowest BCUT2D eigenvalue weighted by molar-refractivity contribution is 0.630. The molecule has 0 aliphatic heterocycles. The zero-order valence-corrected chi connectivity index (χ0v) is 65.5. The maximum atomic E-state index is 15.8. The Balaban J connectivity index is 0.000000142. The molecular weight excluding hydrogens is 1510 g/mol. The molecule has 123 heavy (non-hydrogen) atoms. The molecule has 14 heteroatoms. The molecule has 0 amide bonds. The van der Waals surface area contributed by atoms with Crippen LogP contribution >= 0.6 is 0 Å². The number of aromatic nitrogens is 13. The van der Waals surface area contributed by atoms with E-state index in [0.717, 1.165) is 61.6 Å². The van der Waals surface area contributed by atoms with Gasteiger partial charge in [-0.05, 0) is 87.8 Å². The molecule has 21 aromatic rings. The average Bonchev–Trinajstić information content (AvgIpc) is 1.58. The highest BCUT2D eigenvalue weighted by molar-refractivity contribution is 6.14. The van der Waals surface area contributed by atoms with E-state index in [0.29, 0.717) is 62.6 Å². The number of hydrogen-bond acceptors (Lipinski definition) is 12. The lowest BCUT2D eigenvalue weighted by Gasteiger charge is -2.17. The minimum absolute atomic E-state index is 0.0244. The van der Waals surface area contributed by atoms with Crippen LogP contribution in [0.5, 0.6) is 0 Å². The molecule has 0 saturated heterocycles. The van der Waals surface area contributed by atoms with E-state index in [2.05, 4.69) is 135 Å². The lowest BCUT2D eigenvalue weighted by atomic mass is 9.96. The second-order valence-corrected chi connectivity index (χ2v) is 28.8. The van der Waals surface area contributed by atoms with Crippen molar-refractivity contribution in [2.45, 2.75) is 6.42 Å². The average molecular weight is 1590 g/mol. The lowest BCUT2D eigenvalue weighted by Crippen LogP contribution is -2.05. The van der Waals surface area contributed by atoms with Crippen molar-refractivity contribution in [1.82, 2.24) is 64.4 Å². The summed E-state index contributed by atoms with van der Waals surface area (Å²) in [5, 5.41) is 2.08. The van der Waals surface area contributed by atoms with E-state index in [1.165, 1.54) is 45.5 Å². The first-order valence-electron chi connectivity index (χ1n) is 44.8. The molecule has 5 aromatic heterocycles. The Labute approximate surface area is 723 Å². The summed E-state index contributed by atoms with van der Waals surface area (Å²) in [6.07, 6.45) is 1.05. The molecule has 0 fully saturated rings. The van der Waals surface area contributed by atoms with Gasteiger partial charge >= 0.3 is 0 Å². The molecule has 0 radical (unpaired) electrons. The number of halogens is 1. The van der Waals surface area contributed by atoms with Gasteiger partial charge in [0.2, 0.25) is 0 Å². The minimum atomic E-state index is -0.656. The Morgan fingerprint density at radius 1 is 0.220 bits per heavy atom. The molecule has 0 atom stereocenters. The Kier molecular flexibility index (Phi) is 17.8. The van der Waals surface area contributed by atoms with Crippen LogP contribution < -0.4 is 0 Å². The van der Waals surface area contributed by atoms with E-state index in [1.807, 2.05) is 206 Å². The Bertz CT molecular complexity index is 7870. The highest BCUT2D eigenvalue weighted by atomic mass is 19.1. The first kappa shape index (κ1) is 64.4. The maximum absolute atomic E-state index is 15.8. The summed E-state index contributed by atoms with van der Waals surface area (Å²) in [4.78, 5) is 57.8. The summed E-state index contributed by atoms with van der Waals surface area (Å²) < 4.78 is 103. The van der Waals surface area contributed by atoms with Crippen LogP contribution in [0.4, 0.5) is 4.39 Å². The van der Waals surface area contributed by atoms with Gasteiger partial charge in [0.1, 0.15) is 5.82 Å². The summed E-state index contributed by atoms with van der Waals surface area (Å²) in [7, 11) is 0. The van der Waals surface area contributed by atoms with Crippen molar-refractivity contribution in [3.05, 3.63) is 441 Å². The van der Waals surface area contributed by atoms with Crippen molar-refractivity contribution in [2.75, 3.05) is 0 Å². The third-order valence-electron chi connectivity index (χ3n) is 21.1. The van der Waals surface area contributed by atoms with Gasteiger partial charge in [-0.15, -0.1) is 0 Å². The number of benzene rings is 16. The monoisotopic (exact) mass is 1590 g/mol. The smallest absolute Gasteiger partial charge is 0.167 e. The van der Waals surface area contributed by atoms with Gasteiger partial charge in [-0.25, -0.2) is 64.2 Å². The fourth-order valence-electron chi connectivity index (χ4n) is 15.3. The van der Waals surface area contributed by atoms with Crippen LogP contribution in [0.25, 0.3) is 198 Å². The number of rotatable bonds is 15. The third kappa shape index (κ3) is 15.7. The van der Waals surface area contributed by atoms with Crippen LogP contribution in [-0.4, -0.2) is 64.4 Å². The highest BCUT2D eigenvalue weighted by Gasteiger charge is 2.26. The molecular formula is C109H72FN13. The number of fused-ring (bicyclic) bond motifs is 6. The van der Waals surface area contributed by atoms with Crippen molar-refractivity contribution >= 4 is 21.8 Å². The molecule has 22 rings (SSSR count). The molecule has 13 nitrogen and oxygen atoms in total. The first-order chi connectivity index (χ1) is 65.0. The van der Waals surface area contributed by atoms with E-state index in [-0.39, 0.29) is 57.5 Å². The fourth-order valence-corrected chi connectivity index (χ4v) is 15.3. The summed E-state index contributed by atoms with van der Waals surface area (Å²) in [5.74, 6) is 2.10. The first-order valence-corrected chi connectivity index (χ1v) is 39.8. The largest absolute Gasteiger partial charge is 0.308 e. The second kappa shape index (κ2) is 34.1. The molecule has 5 heterocycles. The van der Waals surface area contributed by atoms with Gasteiger partial charge in [0.15, 0.2) is 69.9 Å². The van der Waals surface area contributed by atoms with Gasteiger partial charge < -0.3 is 4.57 Å². The summed E-state index contributed by atoms with van der Waals surface area (Å²) >= 11 is 0. The van der Waals surface area contributed by atoms with Gasteiger partial charge in [0.25, 0.3) is 0 Å². The Hall–Kier alpha value is -16.7. The van der Waals surface area contributed by atoms with Crippen LogP contribution in [0.3, 0.4) is 0 Å². The van der Waals surface area contributed by atoms with Gasteiger partial charge in [-0.1, -0.05) is 382 Å². The van der Waals surface area contributed by atoms with Crippen molar-refractivity contribution < 1.29 is 18.1 Å². The minimum Gasteiger partial charge on any atom is -0.308 e. The summed E-state index contributed by atoms with van der Waals surface area (Å²) in [5.41, 5.74) is 18.7. The van der Waals surface area contributed by atoms with Crippen LogP contribution in [0.15, 0.2) is 424 Å². The van der Waals surface area contributed by atoms with Gasteiger partial charge in [0, 0.05) is 77.5 Å². The highest BCUT2D eigenvalue weighted by Crippen LogP contribution is 2.45. The fraction of sp³-hybridized carbons (Fsp3) is 0.00917.